The summed E-state index contributed by atoms with van der Waals surface area (Å²) in [5.74, 6) is 1.83. The summed E-state index contributed by atoms with van der Waals surface area (Å²) in [4.78, 5) is 25.1. The fourth-order valence-corrected chi connectivity index (χ4v) is 6.55. The maximum absolute atomic E-state index is 14.5. The topological polar surface area (TPSA) is 70.6 Å². The molecule has 1 unspecified atom stereocenters. The van der Waals surface area contributed by atoms with Crippen molar-refractivity contribution in [3.05, 3.63) is 96.2 Å². The number of ether oxygens (including phenoxy) is 1. The van der Waals surface area contributed by atoms with Gasteiger partial charge in [0, 0.05) is 49.8 Å². The van der Waals surface area contributed by atoms with Crippen molar-refractivity contribution in [1.82, 2.24) is 14.9 Å². The first-order valence-corrected chi connectivity index (χ1v) is 15.0. The number of likely N-dealkylation sites (tertiary alicyclic amines) is 1. The van der Waals surface area contributed by atoms with E-state index in [9.17, 15) is 9.18 Å². The molecule has 2 fully saturated rings. The van der Waals surface area contributed by atoms with Gasteiger partial charge in [0.15, 0.2) is 11.6 Å². The van der Waals surface area contributed by atoms with E-state index in [-0.39, 0.29) is 23.1 Å². The number of nitrogens with zero attached hydrogens (tertiary/aromatic N) is 4. The van der Waals surface area contributed by atoms with E-state index in [1.165, 1.54) is 18.6 Å². The lowest BCUT2D eigenvalue weighted by Crippen LogP contribution is -2.31. The number of aromatic nitrogens is 2. The number of nitrogens with one attached hydrogen (secondary N) is 1. The van der Waals surface area contributed by atoms with Crippen molar-refractivity contribution in [3.8, 4) is 22.6 Å². The van der Waals surface area contributed by atoms with Crippen LogP contribution in [0.2, 0.25) is 0 Å². The van der Waals surface area contributed by atoms with Crippen molar-refractivity contribution in [1.29, 1.82) is 0 Å². The molecule has 0 aliphatic carbocycles. The molecule has 0 bridgehead atoms. The van der Waals surface area contributed by atoms with Crippen LogP contribution in [0.4, 0.5) is 15.9 Å². The molecule has 2 aliphatic rings. The summed E-state index contributed by atoms with van der Waals surface area (Å²) in [6.07, 6.45) is 5.49. The summed E-state index contributed by atoms with van der Waals surface area (Å²) in [7, 11) is 0. The Kier molecular flexibility index (Phi) is 8.13. The average molecular weight is 580 g/mol. The van der Waals surface area contributed by atoms with Gasteiger partial charge >= 0.3 is 0 Å². The summed E-state index contributed by atoms with van der Waals surface area (Å²) in [6, 6.07) is 20.9. The average Bonchev–Trinajstić information content (AvgIpc) is 3.60. The van der Waals surface area contributed by atoms with Crippen LogP contribution in [0.1, 0.15) is 50.7 Å². The van der Waals surface area contributed by atoms with Crippen LogP contribution in [-0.4, -0.2) is 47.0 Å². The first kappa shape index (κ1) is 28.8. The van der Waals surface area contributed by atoms with Gasteiger partial charge in [0.25, 0.3) is 0 Å². The fraction of sp³-hybridized carbons (Fsp3) is 0.343. The Balaban J connectivity index is 1.18. The third-order valence-corrected chi connectivity index (χ3v) is 8.63. The second-order valence-corrected chi connectivity index (χ2v) is 12.2. The summed E-state index contributed by atoms with van der Waals surface area (Å²) in [5.41, 5.74) is 5.06. The smallest absolute Gasteiger partial charge is 0.221 e. The van der Waals surface area contributed by atoms with Gasteiger partial charge in [0.05, 0.1) is 6.20 Å². The molecule has 3 aromatic carbocycles. The van der Waals surface area contributed by atoms with Crippen LogP contribution in [0.3, 0.4) is 0 Å². The summed E-state index contributed by atoms with van der Waals surface area (Å²) in [6.45, 7) is 10.5. The standard InChI is InChI=1S/C35H38FN5O2/c1-24(2)29-6-4-5-7-30(29)31-18-27(36)10-13-32(31)43-33-19-37-23-38-34(33)41-17-15-35(22-41)14-16-40(21-35)20-26-8-11-28(12-9-26)39-25(3)42/h4-13,18-19,23-24H,14-17,20-22H2,1-3H3,(H,39,42). The fourth-order valence-electron chi connectivity index (χ4n) is 6.55. The minimum absolute atomic E-state index is 0.0631. The van der Waals surface area contributed by atoms with Gasteiger partial charge in [0.2, 0.25) is 5.91 Å². The number of hydrogen-bond donors (Lipinski definition) is 1. The van der Waals surface area contributed by atoms with Crippen molar-refractivity contribution >= 4 is 17.4 Å². The predicted molar refractivity (Wildman–Crippen MR) is 168 cm³/mol. The molecule has 0 saturated carbocycles. The van der Waals surface area contributed by atoms with Gasteiger partial charge in [-0.2, -0.15) is 0 Å². The first-order chi connectivity index (χ1) is 20.8. The maximum Gasteiger partial charge on any atom is 0.221 e. The number of hydrogen-bond acceptors (Lipinski definition) is 6. The van der Waals surface area contributed by atoms with Gasteiger partial charge in [-0.1, -0.05) is 50.2 Å². The zero-order valence-corrected chi connectivity index (χ0v) is 25.0. The Labute approximate surface area is 252 Å². The lowest BCUT2D eigenvalue weighted by molar-refractivity contribution is -0.114. The van der Waals surface area contributed by atoms with E-state index in [2.05, 4.69) is 57.1 Å². The van der Waals surface area contributed by atoms with Crippen molar-refractivity contribution in [2.75, 3.05) is 36.4 Å². The zero-order valence-electron chi connectivity index (χ0n) is 25.0. The zero-order chi connectivity index (χ0) is 30.0. The van der Waals surface area contributed by atoms with Crippen molar-refractivity contribution in [2.45, 2.75) is 46.1 Å². The summed E-state index contributed by atoms with van der Waals surface area (Å²) >= 11 is 0. The lowest BCUT2D eigenvalue weighted by Gasteiger charge is -2.26. The lowest BCUT2D eigenvalue weighted by atomic mass is 9.86. The normalized spacial score (nSPS) is 18.5. The van der Waals surface area contributed by atoms with Gasteiger partial charge < -0.3 is 15.0 Å². The first-order valence-electron chi connectivity index (χ1n) is 15.0. The Morgan fingerprint density at radius 3 is 2.58 bits per heavy atom. The number of carbonyl (C=O) groups is 1. The second-order valence-electron chi connectivity index (χ2n) is 12.2. The number of carbonyl (C=O) groups excluding carboxylic acids is 1. The van der Waals surface area contributed by atoms with Gasteiger partial charge in [-0.25, -0.2) is 14.4 Å². The van der Waals surface area contributed by atoms with E-state index in [0.717, 1.165) is 68.2 Å². The molecule has 1 N–H and O–H groups in total. The van der Waals surface area contributed by atoms with Gasteiger partial charge in [-0.15, -0.1) is 0 Å². The highest BCUT2D eigenvalue weighted by Crippen LogP contribution is 2.44. The molecule has 8 heteroatoms. The van der Waals surface area contributed by atoms with Crippen molar-refractivity contribution in [3.63, 3.8) is 0 Å². The SMILES string of the molecule is CC(=O)Nc1ccc(CN2CCC3(CCN(c4ncncc4Oc4ccc(F)cc4-c4ccccc4C(C)C)C3)C2)cc1. The third-order valence-electron chi connectivity index (χ3n) is 8.63. The van der Waals surface area contributed by atoms with Crippen LogP contribution < -0.4 is 15.0 Å². The second kappa shape index (κ2) is 12.1. The Morgan fingerprint density at radius 1 is 1.00 bits per heavy atom. The number of rotatable bonds is 8. The molecule has 1 atom stereocenters. The quantitative estimate of drug-likeness (QED) is 0.237. The molecular weight excluding hydrogens is 541 g/mol. The van der Waals surface area contributed by atoms with Gasteiger partial charge in [0.1, 0.15) is 17.9 Å². The molecule has 1 aromatic heterocycles. The highest BCUT2D eigenvalue weighted by atomic mass is 19.1. The minimum atomic E-state index is -0.304. The minimum Gasteiger partial charge on any atom is -0.451 e. The molecule has 1 amide bonds. The molecule has 2 aliphatic heterocycles. The highest BCUT2D eigenvalue weighted by molar-refractivity contribution is 5.88. The van der Waals surface area contributed by atoms with E-state index in [1.54, 1.807) is 24.7 Å². The summed E-state index contributed by atoms with van der Waals surface area (Å²) < 4.78 is 21.0. The van der Waals surface area contributed by atoms with E-state index >= 15 is 0 Å². The monoisotopic (exact) mass is 579 g/mol. The van der Waals surface area contributed by atoms with Gasteiger partial charge in [-0.05, 0) is 72.3 Å². The molecule has 0 radical (unpaired) electrons. The van der Waals surface area contributed by atoms with E-state index in [1.807, 2.05) is 30.3 Å². The number of anilines is 2. The van der Waals surface area contributed by atoms with Crippen LogP contribution in [0.25, 0.3) is 11.1 Å². The van der Waals surface area contributed by atoms with E-state index in [4.69, 9.17) is 4.74 Å². The van der Waals surface area contributed by atoms with Crippen LogP contribution >= 0.6 is 0 Å². The van der Waals surface area contributed by atoms with Gasteiger partial charge in [-0.3, -0.25) is 9.69 Å². The number of benzene rings is 3. The molecule has 6 rings (SSSR count). The van der Waals surface area contributed by atoms with Crippen molar-refractivity contribution < 1.29 is 13.9 Å². The predicted octanol–water partition coefficient (Wildman–Crippen LogP) is 7.26. The molecular formula is C35H38FN5O2. The van der Waals surface area contributed by atoms with Crippen LogP contribution in [0.15, 0.2) is 79.3 Å². The van der Waals surface area contributed by atoms with Crippen LogP contribution in [0.5, 0.6) is 11.5 Å². The largest absolute Gasteiger partial charge is 0.451 e. The number of amides is 1. The van der Waals surface area contributed by atoms with E-state index < -0.39 is 0 Å². The molecule has 2 saturated heterocycles. The Morgan fingerprint density at radius 2 is 1.79 bits per heavy atom. The molecule has 3 heterocycles. The molecule has 7 nitrogen and oxygen atoms in total. The Hall–Kier alpha value is -4.30. The van der Waals surface area contributed by atoms with Crippen molar-refractivity contribution in [2.24, 2.45) is 5.41 Å². The molecule has 222 valence electrons. The Bertz CT molecular complexity index is 1610. The molecule has 1 spiro atoms. The summed E-state index contributed by atoms with van der Waals surface area (Å²) in [5, 5.41) is 2.83. The molecule has 43 heavy (non-hydrogen) atoms. The van der Waals surface area contributed by atoms with Crippen LogP contribution in [0, 0.1) is 11.2 Å². The highest BCUT2D eigenvalue weighted by Gasteiger charge is 2.44. The number of halogens is 1. The molecule has 4 aromatic rings. The van der Waals surface area contributed by atoms with Crippen LogP contribution in [-0.2, 0) is 11.3 Å². The maximum atomic E-state index is 14.5. The third kappa shape index (κ3) is 6.39. The van der Waals surface area contributed by atoms with E-state index in [0.29, 0.717) is 17.1 Å².